The van der Waals surface area contributed by atoms with Gasteiger partial charge in [-0.3, -0.25) is 9.89 Å². The Kier molecular flexibility index (Phi) is 4.65. The number of hydrogen-bond donors (Lipinski definition) is 3. The van der Waals surface area contributed by atoms with Gasteiger partial charge in [-0.15, -0.1) is 0 Å². The molecule has 6 nitrogen and oxygen atoms in total. The molecule has 1 heterocycles. The summed E-state index contributed by atoms with van der Waals surface area (Å²) in [5, 5.41) is 10.1. The minimum absolute atomic E-state index is 0.378. The molecule has 1 amide bonds. The first-order valence-corrected chi connectivity index (χ1v) is 5.62. The average molecular weight is 239 g/mol. The normalized spacial score (nSPS) is 13.0. The topological polar surface area (TPSA) is 87.0 Å². The van der Waals surface area contributed by atoms with Gasteiger partial charge in [0.05, 0.1) is 5.69 Å². The molecule has 0 saturated heterocycles. The van der Waals surface area contributed by atoms with Crippen LogP contribution in [0.15, 0.2) is 0 Å². The number of nitrogens with two attached hydrogens (primary N) is 1. The van der Waals surface area contributed by atoms with Crippen molar-refractivity contribution >= 4 is 5.91 Å². The molecule has 0 aliphatic heterocycles. The molecule has 6 heteroatoms. The number of hydrogen-bond acceptors (Lipinski definition) is 4. The second-order valence-electron chi connectivity index (χ2n) is 4.44. The van der Waals surface area contributed by atoms with Gasteiger partial charge in [0.2, 0.25) is 5.91 Å². The molecule has 1 atom stereocenters. The zero-order valence-corrected chi connectivity index (χ0v) is 10.9. The fourth-order valence-corrected chi connectivity index (χ4v) is 1.76. The number of carbonyl (C=O) groups excluding carboxylic acids is 1. The van der Waals surface area contributed by atoms with E-state index in [9.17, 15) is 4.79 Å². The van der Waals surface area contributed by atoms with Gasteiger partial charge in [0.15, 0.2) is 0 Å². The molecular formula is C11H21N5O. The molecule has 0 aliphatic carbocycles. The Bertz CT molecular complexity index is 366. The Balaban J connectivity index is 2.76. The van der Waals surface area contributed by atoms with Crippen LogP contribution in [0.1, 0.15) is 23.0 Å². The van der Waals surface area contributed by atoms with Gasteiger partial charge in [0, 0.05) is 24.3 Å². The number of primary amides is 1. The molecule has 1 unspecified atom stereocenters. The number of aromatic amines is 1. The van der Waals surface area contributed by atoms with E-state index in [1.54, 1.807) is 0 Å². The first kappa shape index (κ1) is 13.7. The Morgan fingerprint density at radius 1 is 1.53 bits per heavy atom. The third-order valence-corrected chi connectivity index (χ3v) is 2.67. The summed E-state index contributed by atoms with van der Waals surface area (Å²) < 4.78 is 0. The van der Waals surface area contributed by atoms with Crippen molar-refractivity contribution in [1.29, 1.82) is 0 Å². The van der Waals surface area contributed by atoms with Crippen molar-refractivity contribution in [3.63, 3.8) is 0 Å². The van der Waals surface area contributed by atoms with Crippen molar-refractivity contribution in [3.05, 3.63) is 17.0 Å². The van der Waals surface area contributed by atoms with Crippen molar-refractivity contribution < 1.29 is 4.79 Å². The van der Waals surface area contributed by atoms with Crippen LogP contribution in [0.4, 0.5) is 0 Å². The molecule has 4 N–H and O–H groups in total. The maximum Gasteiger partial charge on any atom is 0.239 e. The summed E-state index contributed by atoms with van der Waals surface area (Å²) in [7, 11) is 3.96. The fraction of sp³-hybridized carbons (Fsp3) is 0.636. The van der Waals surface area contributed by atoms with E-state index in [-0.39, 0.29) is 5.91 Å². The number of carbonyl (C=O) groups is 1. The molecule has 0 saturated carbocycles. The van der Waals surface area contributed by atoms with E-state index < -0.39 is 6.04 Å². The van der Waals surface area contributed by atoms with Gasteiger partial charge in [-0.2, -0.15) is 5.10 Å². The molecule has 1 aromatic heterocycles. The van der Waals surface area contributed by atoms with Gasteiger partial charge in [0.25, 0.3) is 0 Å². The summed E-state index contributed by atoms with van der Waals surface area (Å²) in [5.74, 6) is -0.378. The Morgan fingerprint density at radius 2 is 2.18 bits per heavy atom. The molecule has 17 heavy (non-hydrogen) atoms. The standard InChI is InChI=1S/C11H21N5O/c1-7-9(8(2)15-14-7)10(11(12)17)13-5-6-16(3)4/h10,13H,5-6H2,1-4H3,(H2,12,17)(H,14,15). The number of nitrogens with one attached hydrogen (secondary N) is 2. The van der Waals surface area contributed by atoms with E-state index in [4.69, 9.17) is 5.73 Å². The SMILES string of the molecule is Cc1n[nH]c(C)c1C(NCCN(C)C)C(N)=O. The summed E-state index contributed by atoms with van der Waals surface area (Å²) in [6.07, 6.45) is 0. The molecule has 0 radical (unpaired) electrons. The molecule has 0 fully saturated rings. The zero-order valence-electron chi connectivity index (χ0n) is 10.9. The summed E-state index contributed by atoms with van der Waals surface area (Å²) in [5.41, 5.74) is 7.97. The molecule has 0 bridgehead atoms. The molecule has 1 aromatic rings. The van der Waals surface area contributed by atoms with Crippen LogP contribution in [0.5, 0.6) is 0 Å². The van der Waals surface area contributed by atoms with Crippen molar-refractivity contribution in [1.82, 2.24) is 20.4 Å². The average Bonchev–Trinajstić information content (AvgIpc) is 2.54. The Labute approximate surface area is 102 Å². The van der Waals surface area contributed by atoms with Gasteiger partial charge in [0.1, 0.15) is 6.04 Å². The lowest BCUT2D eigenvalue weighted by Gasteiger charge is -2.17. The van der Waals surface area contributed by atoms with Gasteiger partial charge < -0.3 is 16.0 Å². The van der Waals surface area contributed by atoms with E-state index in [0.717, 1.165) is 23.5 Å². The monoisotopic (exact) mass is 239 g/mol. The summed E-state index contributed by atoms with van der Waals surface area (Å²) in [6, 6.07) is -0.478. The zero-order chi connectivity index (χ0) is 13.0. The molecular weight excluding hydrogens is 218 g/mol. The number of aromatic nitrogens is 2. The highest BCUT2D eigenvalue weighted by atomic mass is 16.1. The molecule has 0 aliphatic rings. The smallest absolute Gasteiger partial charge is 0.239 e. The number of nitrogens with zero attached hydrogens (tertiary/aromatic N) is 2. The van der Waals surface area contributed by atoms with Crippen LogP contribution in [0.2, 0.25) is 0 Å². The van der Waals surface area contributed by atoms with Gasteiger partial charge in [-0.1, -0.05) is 0 Å². The lowest BCUT2D eigenvalue weighted by molar-refractivity contribution is -0.120. The number of aryl methyl sites for hydroxylation is 2. The minimum Gasteiger partial charge on any atom is -0.368 e. The fourth-order valence-electron chi connectivity index (χ4n) is 1.76. The summed E-state index contributed by atoms with van der Waals surface area (Å²) in [4.78, 5) is 13.5. The lowest BCUT2D eigenvalue weighted by atomic mass is 10.0. The third kappa shape index (κ3) is 3.54. The molecule has 0 spiro atoms. The Hall–Kier alpha value is -1.40. The molecule has 0 aromatic carbocycles. The van der Waals surface area contributed by atoms with Crippen molar-refractivity contribution in [2.75, 3.05) is 27.2 Å². The summed E-state index contributed by atoms with van der Waals surface area (Å²) in [6.45, 7) is 5.30. The lowest BCUT2D eigenvalue weighted by Crippen LogP contribution is -2.37. The minimum atomic E-state index is -0.478. The highest BCUT2D eigenvalue weighted by Gasteiger charge is 2.22. The highest BCUT2D eigenvalue weighted by Crippen LogP contribution is 2.18. The maximum atomic E-state index is 11.5. The number of amides is 1. The number of likely N-dealkylation sites (N-methyl/N-ethyl adjacent to an activating group) is 1. The van der Waals surface area contributed by atoms with Gasteiger partial charge in [-0.25, -0.2) is 0 Å². The van der Waals surface area contributed by atoms with E-state index in [0.29, 0.717) is 6.54 Å². The van der Waals surface area contributed by atoms with Gasteiger partial charge >= 0.3 is 0 Å². The van der Waals surface area contributed by atoms with Crippen LogP contribution in [0.3, 0.4) is 0 Å². The largest absolute Gasteiger partial charge is 0.368 e. The van der Waals surface area contributed by atoms with Crippen LogP contribution in [-0.4, -0.2) is 48.2 Å². The second-order valence-corrected chi connectivity index (χ2v) is 4.44. The van der Waals surface area contributed by atoms with Crippen LogP contribution in [0, 0.1) is 13.8 Å². The highest BCUT2D eigenvalue weighted by molar-refractivity contribution is 5.82. The van der Waals surface area contributed by atoms with Crippen molar-refractivity contribution in [2.45, 2.75) is 19.9 Å². The quantitative estimate of drug-likeness (QED) is 0.636. The number of rotatable bonds is 6. The van der Waals surface area contributed by atoms with E-state index in [1.165, 1.54) is 0 Å². The van der Waals surface area contributed by atoms with E-state index >= 15 is 0 Å². The Morgan fingerprint density at radius 3 is 2.59 bits per heavy atom. The van der Waals surface area contributed by atoms with Crippen LogP contribution < -0.4 is 11.1 Å². The van der Waals surface area contributed by atoms with E-state index in [1.807, 2.05) is 32.8 Å². The van der Waals surface area contributed by atoms with Crippen molar-refractivity contribution in [2.24, 2.45) is 5.73 Å². The van der Waals surface area contributed by atoms with Gasteiger partial charge in [-0.05, 0) is 27.9 Å². The second kappa shape index (κ2) is 5.79. The van der Waals surface area contributed by atoms with Crippen molar-refractivity contribution in [3.8, 4) is 0 Å². The first-order chi connectivity index (χ1) is 7.93. The van der Waals surface area contributed by atoms with Crippen LogP contribution in [0.25, 0.3) is 0 Å². The molecule has 1 rings (SSSR count). The first-order valence-electron chi connectivity index (χ1n) is 5.62. The maximum absolute atomic E-state index is 11.5. The number of H-pyrrole nitrogens is 1. The predicted octanol–water partition coefficient (Wildman–Crippen LogP) is -0.296. The third-order valence-electron chi connectivity index (χ3n) is 2.67. The summed E-state index contributed by atoms with van der Waals surface area (Å²) >= 11 is 0. The molecule has 96 valence electrons. The van der Waals surface area contributed by atoms with E-state index in [2.05, 4.69) is 15.5 Å². The van der Waals surface area contributed by atoms with Crippen LogP contribution >= 0.6 is 0 Å². The predicted molar refractivity (Wildman–Crippen MR) is 66.6 cm³/mol. The van der Waals surface area contributed by atoms with Crippen LogP contribution in [-0.2, 0) is 4.79 Å².